The van der Waals surface area contributed by atoms with Gasteiger partial charge in [-0.1, -0.05) is 6.07 Å². The predicted octanol–water partition coefficient (Wildman–Crippen LogP) is 2.71. The minimum atomic E-state index is -3.84. The zero-order valence-corrected chi connectivity index (χ0v) is 19.9. The number of amides is 2. The average molecular weight is 530 g/mol. The van der Waals surface area contributed by atoms with Crippen LogP contribution in [0.4, 0.5) is 11.4 Å². The van der Waals surface area contributed by atoms with Crippen molar-refractivity contribution in [2.75, 3.05) is 16.4 Å². The lowest BCUT2D eigenvalue weighted by atomic mass is 10.0. The second kappa shape index (κ2) is 11.0. The van der Waals surface area contributed by atoms with Crippen LogP contribution in [0.2, 0.25) is 0 Å². The number of carboxylic acid groups (broad SMARTS) is 2. The van der Waals surface area contributed by atoms with Gasteiger partial charge in [0.1, 0.15) is 0 Å². The van der Waals surface area contributed by atoms with Crippen molar-refractivity contribution in [3.63, 3.8) is 0 Å². The molecule has 0 saturated carbocycles. The van der Waals surface area contributed by atoms with Crippen molar-refractivity contribution >= 4 is 56.9 Å². The largest absolute Gasteiger partial charge is 0.478 e. The van der Waals surface area contributed by atoms with Gasteiger partial charge in [0, 0.05) is 16.3 Å². The summed E-state index contributed by atoms with van der Waals surface area (Å²) in [4.78, 5) is 48.0. The molecule has 0 radical (unpaired) electrons. The number of hydrogen-bond donors (Lipinski definition) is 5. The molecular weight excluding hydrogens is 510 g/mol. The van der Waals surface area contributed by atoms with E-state index in [9.17, 15) is 32.7 Å². The molecule has 0 aliphatic carbocycles. The number of carbonyl (C=O) groups excluding carboxylic acids is 2. The molecule has 0 saturated heterocycles. The van der Waals surface area contributed by atoms with Crippen LogP contribution in [0.25, 0.3) is 0 Å². The highest BCUT2D eigenvalue weighted by molar-refractivity contribution is 8.00. The van der Waals surface area contributed by atoms with Crippen molar-refractivity contribution in [3.8, 4) is 0 Å². The summed E-state index contributed by atoms with van der Waals surface area (Å²) in [5.74, 6) is -3.86. The standard InChI is InChI=1S/C23H19N3O8S2/c24-36(33,34)17-7-5-14(6-8-17)25-20(27)12-35-16-3-1-2-15(11-16)26-21(28)18-9-4-13(22(29)30)10-19(18)23(31)32/h1-11H,12H2,(H,25,27)(H,26,28)(H,29,30)(H,31,32)(H2,24,33,34). The smallest absolute Gasteiger partial charge is 0.336 e. The van der Waals surface area contributed by atoms with Gasteiger partial charge in [0.05, 0.1) is 27.3 Å². The molecule has 0 aliphatic heterocycles. The Labute approximate surface area is 209 Å². The summed E-state index contributed by atoms with van der Waals surface area (Å²) in [5.41, 5.74) is -0.203. The molecule has 0 heterocycles. The Morgan fingerprint density at radius 3 is 2.11 bits per heavy atom. The fourth-order valence-electron chi connectivity index (χ4n) is 2.99. The van der Waals surface area contributed by atoms with E-state index in [0.29, 0.717) is 16.3 Å². The highest BCUT2D eigenvalue weighted by Crippen LogP contribution is 2.23. The molecule has 0 spiro atoms. The zero-order valence-electron chi connectivity index (χ0n) is 18.3. The molecule has 186 valence electrons. The third-order valence-electron chi connectivity index (χ3n) is 4.67. The summed E-state index contributed by atoms with van der Waals surface area (Å²) in [5, 5.41) is 28.6. The summed E-state index contributed by atoms with van der Waals surface area (Å²) >= 11 is 1.17. The van der Waals surface area contributed by atoms with Crippen molar-refractivity contribution < 1.29 is 37.8 Å². The Morgan fingerprint density at radius 1 is 0.806 bits per heavy atom. The summed E-state index contributed by atoms with van der Waals surface area (Å²) in [6.45, 7) is 0. The van der Waals surface area contributed by atoms with Gasteiger partial charge in [0.25, 0.3) is 5.91 Å². The van der Waals surface area contributed by atoms with Crippen molar-refractivity contribution in [1.82, 2.24) is 0 Å². The lowest BCUT2D eigenvalue weighted by Crippen LogP contribution is -2.17. The summed E-state index contributed by atoms with van der Waals surface area (Å²) in [7, 11) is -3.84. The first-order valence-electron chi connectivity index (χ1n) is 10.0. The molecule has 0 atom stereocenters. The molecular formula is C23H19N3O8S2. The van der Waals surface area contributed by atoms with Gasteiger partial charge in [-0.25, -0.2) is 23.1 Å². The third-order valence-corrected chi connectivity index (χ3v) is 6.59. The summed E-state index contributed by atoms with van der Waals surface area (Å²) < 4.78 is 22.6. The van der Waals surface area contributed by atoms with Crippen LogP contribution in [0, 0.1) is 0 Å². The fraction of sp³-hybridized carbons (Fsp3) is 0.0435. The van der Waals surface area contributed by atoms with Gasteiger partial charge in [0.2, 0.25) is 15.9 Å². The van der Waals surface area contributed by atoms with Crippen molar-refractivity contribution in [2.45, 2.75) is 9.79 Å². The SMILES string of the molecule is NS(=O)(=O)c1ccc(NC(=O)CSc2cccc(NC(=O)c3ccc(C(=O)O)cc3C(=O)O)c2)cc1. The molecule has 6 N–H and O–H groups in total. The number of thioether (sulfide) groups is 1. The summed E-state index contributed by atoms with van der Waals surface area (Å²) in [6, 6.07) is 15.0. The van der Waals surface area contributed by atoms with Crippen molar-refractivity contribution in [1.29, 1.82) is 0 Å². The number of nitrogens with two attached hydrogens (primary N) is 1. The predicted molar refractivity (Wildman–Crippen MR) is 132 cm³/mol. The van der Waals surface area contributed by atoms with Crippen LogP contribution >= 0.6 is 11.8 Å². The monoisotopic (exact) mass is 529 g/mol. The first-order valence-corrected chi connectivity index (χ1v) is 12.5. The first kappa shape index (κ1) is 26.4. The van der Waals surface area contributed by atoms with E-state index in [1.54, 1.807) is 24.3 Å². The van der Waals surface area contributed by atoms with Gasteiger partial charge in [0.15, 0.2) is 0 Å². The van der Waals surface area contributed by atoms with Crippen LogP contribution in [0.5, 0.6) is 0 Å². The number of primary sulfonamides is 1. The van der Waals surface area contributed by atoms with Crippen molar-refractivity contribution in [2.24, 2.45) is 5.14 Å². The summed E-state index contributed by atoms with van der Waals surface area (Å²) in [6.07, 6.45) is 0. The third kappa shape index (κ3) is 6.91. The normalized spacial score (nSPS) is 10.9. The van der Waals surface area contributed by atoms with Crippen LogP contribution in [-0.2, 0) is 14.8 Å². The number of hydrogen-bond acceptors (Lipinski definition) is 7. The highest BCUT2D eigenvalue weighted by Gasteiger charge is 2.19. The Hall–Kier alpha value is -4.20. The quantitative estimate of drug-likeness (QED) is 0.259. The number of nitrogens with one attached hydrogen (secondary N) is 2. The molecule has 0 aromatic heterocycles. The van der Waals surface area contributed by atoms with E-state index in [0.717, 1.165) is 18.2 Å². The number of benzene rings is 3. The van der Waals surface area contributed by atoms with E-state index < -0.39 is 33.4 Å². The second-order valence-corrected chi connectivity index (χ2v) is 9.87. The Kier molecular flexibility index (Phi) is 8.09. The minimum Gasteiger partial charge on any atom is -0.478 e. The Bertz CT molecular complexity index is 1450. The van der Waals surface area contributed by atoms with Gasteiger partial charge < -0.3 is 20.8 Å². The van der Waals surface area contributed by atoms with E-state index in [-0.39, 0.29) is 27.7 Å². The van der Waals surface area contributed by atoms with Crippen LogP contribution in [0.3, 0.4) is 0 Å². The van der Waals surface area contributed by atoms with Gasteiger partial charge in [-0.3, -0.25) is 9.59 Å². The zero-order chi connectivity index (χ0) is 26.5. The van der Waals surface area contributed by atoms with Crippen molar-refractivity contribution in [3.05, 3.63) is 83.4 Å². The lowest BCUT2D eigenvalue weighted by molar-refractivity contribution is -0.113. The van der Waals surface area contributed by atoms with Crippen LogP contribution in [0.1, 0.15) is 31.1 Å². The number of aromatic carboxylic acids is 2. The number of anilines is 2. The second-order valence-electron chi connectivity index (χ2n) is 7.26. The number of rotatable bonds is 9. The minimum absolute atomic E-state index is 0.00809. The first-order chi connectivity index (χ1) is 16.9. The highest BCUT2D eigenvalue weighted by atomic mass is 32.2. The molecule has 0 unspecified atom stereocenters. The van der Waals surface area contributed by atoms with Gasteiger partial charge in [-0.2, -0.15) is 0 Å². The molecule has 3 aromatic carbocycles. The van der Waals surface area contributed by atoms with Crippen LogP contribution in [-0.4, -0.2) is 48.1 Å². The van der Waals surface area contributed by atoms with E-state index >= 15 is 0 Å². The maximum absolute atomic E-state index is 12.6. The number of sulfonamides is 1. The number of carboxylic acids is 2. The maximum atomic E-state index is 12.6. The topological polar surface area (TPSA) is 193 Å². The Balaban J connectivity index is 1.63. The van der Waals surface area contributed by atoms with E-state index in [1.165, 1.54) is 36.0 Å². The molecule has 0 aliphatic rings. The molecule has 3 rings (SSSR count). The average Bonchev–Trinajstić information content (AvgIpc) is 2.82. The lowest BCUT2D eigenvalue weighted by Gasteiger charge is -2.10. The van der Waals surface area contributed by atoms with Gasteiger partial charge in [-0.15, -0.1) is 11.8 Å². The molecule has 0 fully saturated rings. The van der Waals surface area contributed by atoms with Gasteiger partial charge >= 0.3 is 11.9 Å². The molecule has 2 amide bonds. The Morgan fingerprint density at radius 2 is 1.50 bits per heavy atom. The van der Waals surface area contributed by atoms with Gasteiger partial charge in [-0.05, 0) is 60.7 Å². The maximum Gasteiger partial charge on any atom is 0.336 e. The molecule has 0 bridgehead atoms. The number of carbonyl (C=O) groups is 4. The van der Waals surface area contributed by atoms with E-state index in [1.807, 2.05) is 0 Å². The molecule has 3 aromatic rings. The van der Waals surface area contributed by atoms with Crippen LogP contribution in [0.15, 0.2) is 76.5 Å². The fourth-order valence-corrected chi connectivity index (χ4v) is 4.26. The van der Waals surface area contributed by atoms with Crippen LogP contribution < -0.4 is 15.8 Å². The molecule has 13 heteroatoms. The van der Waals surface area contributed by atoms with E-state index in [4.69, 9.17) is 10.2 Å². The van der Waals surface area contributed by atoms with E-state index in [2.05, 4.69) is 10.6 Å². The molecule has 36 heavy (non-hydrogen) atoms. The molecule has 11 nitrogen and oxygen atoms in total.